The lowest BCUT2D eigenvalue weighted by molar-refractivity contribution is 0.00578. The molecule has 3 aromatic rings. The van der Waals surface area contributed by atoms with Gasteiger partial charge in [-0.05, 0) is 80.0 Å². The maximum Gasteiger partial charge on any atom is 0.494 e. The Morgan fingerprint density at radius 2 is 1.41 bits per heavy atom. The van der Waals surface area contributed by atoms with Crippen LogP contribution < -0.4 is 5.46 Å². The Morgan fingerprint density at radius 3 is 2.07 bits per heavy atom. The van der Waals surface area contributed by atoms with Crippen molar-refractivity contribution in [3.05, 3.63) is 65.7 Å². The summed E-state index contributed by atoms with van der Waals surface area (Å²) in [7, 11) is -0.323. The molecule has 138 valence electrons. The molecule has 2 nitrogen and oxygen atoms in total. The van der Waals surface area contributed by atoms with Gasteiger partial charge < -0.3 is 9.31 Å². The van der Waals surface area contributed by atoms with Crippen LogP contribution in [0.2, 0.25) is 0 Å². The predicted octanol–water partition coefficient (Wildman–Crippen LogP) is 5.42. The van der Waals surface area contributed by atoms with Crippen LogP contribution in [0.15, 0.2) is 54.6 Å². The lowest BCUT2D eigenvalue weighted by atomic mass is 9.77. The Balaban J connectivity index is 1.78. The van der Waals surface area contributed by atoms with Crippen molar-refractivity contribution in [2.24, 2.45) is 0 Å². The molecule has 3 heteroatoms. The van der Waals surface area contributed by atoms with Crippen LogP contribution in [0.25, 0.3) is 21.9 Å². The molecule has 27 heavy (non-hydrogen) atoms. The molecule has 0 atom stereocenters. The molecule has 1 saturated heterocycles. The molecule has 1 fully saturated rings. The van der Waals surface area contributed by atoms with Crippen molar-refractivity contribution in [1.82, 2.24) is 0 Å². The average molecular weight is 358 g/mol. The second kappa shape index (κ2) is 6.22. The Bertz CT molecular complexity index is 1000. The van der Waals surface area contributed by atoms with E-state index in [4.69, 9.17) is 9.31 Å². The van der Waals surface area contributed by atoms with E-state index in [1.54, 1.807) is 0 Å². The van der Waals surface area contributed by atoms with Gasteiger partial charge in [0, 0.05) is 0 Å². The monoisotopic (exact) mass is 358 g/mol. The van der Waals surface area contributed by atoms with Crippen molar-refractivity contribution < 1.29 is 9.31 Å². The van der Waals surface area contributed by atoms with Gasteiger partial charge in [-0.15, -0.1) is 0 Å². The van der Waals surface area contributed by atoms with E-state index in [-0.39, 0.29) is 18.3 Å². The fourth-order valence-corrected chi connectivity index (χ4v) is 3.83. The van der Waals surface area contributed by atoms with E-state index in [2.05, 4.69) is 96.1 Å². The molecule has 1 aliphatic rings. The van der Waals surface area contributed by atoms with E-state index in [1.165, 1.54) is 33.0 Å². The van der Waals surface area contributed by atoms with Crippen molar-refractivity contribution >= 4 is 23.4 Å². The van der Waals surface area contributed by atoms with Gasteiger partial charge in [0.05, 0.1) is 11.2 Å². The van der Waals surface area contributed by atoms with E-state index >= 15 is 0 Å². The molecule has 0 radical (unpaired) electrons. The van der Waals surface area contributed by atoms with E-state index in [9.17, 15) is 0 Å². The first-order valence-corrected chi connectivity index (χ1v) is 9.64. The maximum absolute atomic E-state index is 6.22. The number of fused-ring (bicyclic) bond motifs is 1. The summed E-state index contributed by atoms with van der Waals surface area (Å²) >= 11 is 0. The highest BCUT2D eigenvalue weighted by atomic mass is 16.7. The fourth-order valence-electron chi connectivity index (χ4n) is 3.83. The van der Waals surface area contributed by atoms with Gasteiger partial charge >= 0.3 is 7.12 Å². The first-order chi connectivity index (χ1) is 12.7. The van der Waals surface area contributed by atoms with Gasteiger partial charge in [0.25, 0.3) is 0 Å². The average Bonchev–Trinajstić information content (AvgIpc) is 2.83. The van der Waals surface area contributed by atoms with Crippen LogP contribution in [0.4, 0.5) is 0 Å². The first kappa shape index (κ1) is 18.3. The van der Waals surface area contributed by atoms with Crippen LogP contribution in [0.5, 0.6) is 0 Å². The van der Waals surface area contributed by atoms with Crippen LogP contribution in [0, 0.1) is 13.8 Å². The van der Waals surface area contributed by atoms with Crippen molar-refractivity contribution in [2.45, 2.75) is 52.7 Å². The van der Waals surface area contributed by atoms with Crippen molar-refractivity contribution in [1.29, 1.82) is 0 Å². The summed E-state index contributed by atoms with van der Waals surface area (Å²) in [5.41, 5.74) is 5.54. The van der Waals surface area contributed by atoms with Gasteiger partial charge in [-0.25, -0.2) is 0 Å². The van der Waals surface area contributed by atoms with Gasteiger partial charge in [-0.3, -0.25) is 0 Å². The van der Waals surface area contributed by atoms with Gasteiger partial charge in [0.1, 0.15) is 0 Å². The fraction of sp³-hybridized carbons (Fsp3) is 0.333. The number of hydrogen-bond acceptors (Lipinski definition) is 2. The SMILES string of the molecule is Cc1cc(B2OC(C)(C)C(C)(C)O2)ccc1-c1c(C)ccc2ccccc12. The second-order valence-electron chi connectivity index (χ2n) is 8.64. The Labute approximate surface area is 162 Å². The Morgan fingerprint density at radius 1 is 0.741 bits per heavy atom. The van der Waals surface area contributed by atoms with E-state index in [1.807, 2.05) is 0 Å². The van der Waals surface area contributed by atoms with Gasteiger partial charge in [-0.1, -0.05) is 54.6 Å². The summed E-state index contributed by atoms with van der Waals surface area (Å²) in [5.74, 6) is 0. The standard InChI is InChI=1S/C24H27BO2/c1-16-11-12-18-9-7-8-10-21(18)22(16)20-14-13-19(15-17(20)2)25-26-23(3,4)24(5,6)27-25/h7-15H,1-6H3. The third-order valence-electron chi connectivity index (χ3n) is 6.18. The molecule has 0 bridgehead atoms. The Kier molecular flexibility index (Phi) is 4.21. The molecule has 3 aromatic carbocycles. The lowest BCUT2D eigenvalue weighted by Gasteiger charge is -2.32. The zero-order valence-corrected chi connectivity index (χ0v) is 17.1. The van der Waals surface area contributed by atoms with Gasteiger partial charge in [0.2, 0.25) is 0 Å². The molecule has 0 aliphatic carbocycles. The van der Waals surface area contributed by atoms with Crippen molar-refractivity contribution in [3.8, 4) is 11.1 Å². The zero-order chi connectivity index (χ0) is 19.4. The highest BCUT2D eigenvalue weighted by molar-refractivity contribution is 6.62. The highest BCUT2D eigenvalue weighted by Crippen LogP contribution is 2.37. The summed E-state index contributed by atoms with van der Waals surface area (Å²) in [5, 5.41) is 2.57. The topological polar surface area (TPSA) is 18.5 Å². The van der Waals surface area contributed by atoms with Crippen LogP contribution in [-0.2, 0) is 9.31 Å². The molecular formula is C24H27BO2. The molecule has 1 heterocycles. The molecule has 0 unspecified atom stereocenters. The van der Waals surface area contributed by atoms with E-state index in [0.29, 0.717) is 0 Å². The van der Waals surface area contributed by atoms with Crippen LogP contribution in [0.1, 0.15) is 38.8 Å². The molecule has 0 N–H and O–H groups in total. The summed E-state index contributed by atoms with van der Waals surface area (Å²) < 4.78 is 12.4. The van der Waals surface area contributed by atoms with Crippen LogP contribution in [-0.4, -0.2) is 18.3 Å². The summed E-state index contributed by atoms with van der Waals surface area (Å²) in [4.78, 5) is 0. The molecular weight excluding hydrogens is 331 g/mol. The molecule has 0 aromatic heterocycles. The van der Waals surface area contributed by atoms with E-state index < -0.39 is 0 Å². The minimum Gasteiger partial charge on any atom is -0.399 e. The third-order valence-corrected chi connectivity index (χ3v) is 6.18. The minimum absolute atomic E-state index is 0.323. The largest absolute Gasteiger partial charge is 0.494 e. The predicted molar refractivity (Wildman–Crippen MR) is 115 cm³/mol. The lowest BCUT2D eigenvalue weighted by Crippen LogP contribution is -2.41. The summed E-state index contributed by atoms with van der Waals surface area (Å²) in [6.07, 6.45) is 0. The quantitative estimate of drug-likeness (QED) is 0.569. The second-order valence-corrected chi connectivity index (χ2v) is 8.64. The molecule has 1 aliphatic heterocycles. The van der Waals surface area contributed by atoms with E-state index in [0.717, 1.165) is 5.46 Å². The molecule has 0 spiro atoms. The highest BCUT2D eigenvalue weighted by Gasteiger charge is 2.51. The Hall–Kier alpha value is -2.10. The van der Waals surface area contributed by atoms with Gasteiger partial charge in [-0.2, -0.15) is 0 Å². The van der Waals surface area contributed by atoms with Crippen molar-refractivity contribution in [3.63, 3.8) is 0 Å². The number of benzene rings is 3. The molecule has 0 amide bonds. The minimum atomic E-state index is -0.323. The maximum atomic E-state index is 6.22. The zero-order valence-electron chi connectivity index (χ0n) is 17.1. The van der Waals surface area contributed by atoms with Crippen molar-refractivity contribution in [2.75, 3.05) is 0 Å². The summed E-state index contributed by atoms with van der Waals surface area (Å²) in [6, 6.07) is 19.6. The third kappa shape index (κ3) is 2.99. The van der Waals surface area contributed by atoms with Gasteiger partial charge in [0.15, 0.2) is 0 Å². The number of hydrogen-bond donors (Lipinski definition) is 0. The normalized spacial score (nSPS) is 18.2. The van der Waals surface area contributed by atoms with Crippen LogP contribution in [0.3, 0.4) is 0 Å². The molecule has 0 saturated carbocycles. The number of rotatable bonds is 2. The van der Waals surface area contributed by atoms with Crippen LogP contribution >= 0.6 is 0 Å². The smallest absolute Gasteiger partial charge is 0.399 e. The molecule has 4 rings (SSSR count). The first-order valence-electron chi connectivity index (χ1n) is 9.64. The summed E-state index contributed by atoms with van der Waals surface area (Å²) in [6.45, 7) is 12.7. The number of aryl methyl sites for hydroxylation is 2.